The second-order valence-corrected chi connectivity index (χ2v) is 3.40. The van der Waals surface area contributed by atoms with Gasteiger partial charge >= 0.3 is 0 Å². The number of hydroxylamine groups is 1. The standard InChI is InChI=1S/C11H11NOS.ClH/c1-2-14-11-8-4-3-6-10(11)7-5-9-12-13;/h1,3-8,12-13H,9H2;1H/b7-5+;. The Morgan fingerprint density at radius 3 is 2.87 bits per heavy atom. The molecule has 0 radical (unpaired) electrons. The molecule has 0 aliphatic heterocycles. The maximum absolute atomic E-state index is 8.38. The van der Waals surface area contributed by atoms with Crippen LogP contribution in [-0.4, -0.2) is 11.8 Å². The summed E-state index contributed by atoms with van der Waals surface area (Å²) in [6.07, 6.45) is 8.97. The summed E-state index contributed by atoms with van der Waals surface area (Å²) in [5.41, 5.74) is 3.12. The average molecular weight is 242 g/mol. The monoisotopic (exact) mass is 241 g/mol. The molecule has 15 heavy (non-hydrogen) atoms. The van der Waals surface area contributed by atoms with Crippen LogP contribution in [0.2, 0.25) is 0 Å². The van der Waals surface area contributed by atoms with Gasteiger partial charge in [-0.25, -0.2) is 5.48 Å². The fraction of sp³-hybridized carbons (Fsp3) is 0.0909. The summed E-state index contributed by atoms with van der Waals surface area (Å²) in [6, 6.07) is 7.85. The van der Waals surface area contributed by atoms with E-state index in [-0.39, 0.29) is 12.4 Å². The Balaban J connectivity index is 0.00000196. The van der Waals surface area contributed by atoms with Gasteiger partial charge in [-0.05, 0) is 28.6 Å². The number of nitrogens with one attached hydrogen (secondary N) is 1. The first-order valence-corrected chi connectivity index (χ1v) is 4.95. The van der Waals surface area contributed by atoms with Crippen molar-refractivity contribution in [1.82, 2.24) is 5.48 Å². The van der Waals surface area contributed by atoms with Crippen LogP contribution < -0.4 is 5.48 Å². The van der Waals surface area contributed by atoms with Gasteiger partial charge in [-0.2, -0.15) is 0 Å². The predicted octanol–water partition coefficient (Wildman–Crippen LogP) is 2.78. The van der Waals surface area contributed by atoms with Crippen molar-refractivity contribution in [1.29, 1.82) is 0 Å². The Hall–Kier alpha value is -0.920. The highest BCUT2D eigenvalue weighted by Crippen LogP contribution is 2.22. The second-order valence-electron chi connectivity index (χ2n) is 2.52. The van der Waals surface area contributed by atoms with E-state index in [1.165, 1.54) is 11.8 Å². The zero-order valence-corrected chi connectivity index (χ0v) is 9.65. The highest BCUT2D eigenvalue weighted by atomic mass is 35.5. The molecule has 0 saturated heterocycles. The maximum Gasteiger partial charge on any atom is 0.0391 e. The molecule has 0 bridgehead atoms. The van der Waals surface area contributed by atoms with E-state index in [1.807, 2.05) is 36.4 Å². The van der Waals surface area contributed by atoms with E-state index >= 15 is 0 Å². The van der Waals surface area contributed by atoms with Crippen molar-refractivity contribution in [3.05, 3.63) is 35.9 Å². The third-order valence-corrected chi connectivity index (χ3v) is 2.30. The summed E-state index contributed by atoms with van der Waals surface area (Å²) < 4.78 is 0. The number of halogens is 1. The van der Waals surface area contributed by atoms with E-state index in [0.717, 1.165) is 10.5 Å². The highest BCUT2D eigenvalue weighted by Gasteiger charge is 1.96. The van der Waals surface area contributed by atoms with Gasteiger partial charge in [0, 0.05) is 11.4 Å². The third kappa shape index (κ3) is 4.91. The number of hydrogen-bond acceptors (Lipinski definition) is 3. The van der Waals surface area contributed by atoms with Crippen LogP contribution in [0.3, 0.4) is 0 Å². The van der Waals surface area contributed by atoms with Gasteiger partial charge in [-0.15, -0.1) is 18.8 Å². The van der Waals surface area contributed by atoms with Crippen LogP contribution in [0, 0.1) is 11.7 Å². The fourth-order valence-corrected chi connectivity index (χ4v) is 1.54. The molecule has 0 amide bonds. The van der Waals surface area contributed by atoms with E-state index in [4.69, 9.17) is 11.6 Å². The van der Waals surface area contributed by atoms with Crippen LogP contribution in [0.4, 0.5) is 0 Å². The lowest BCUT2D eigenvalue weighted by Gasteiger charge is -2.00. The lowest BCUT2D eigenvalue weighted by molar-refractivity contribution is 0.180. The second kappa shape index (κ2) is 8.39. The van der Waals surface area contributed by atoms with Crippen molar-refractivity contribution < 1.29 is 5.21 Å². The van der Waals surface area contributed by atoms with Gasteiger partial charge in [0.2, 0.25) is 0 Å². The van der Waals surface area contributed by atoms with Crippen LogP contribution in [-0.2, 0) is 0 Å². The number of terminal acetylenes is 1. The van der Waals surface area contributed by atoms with Gasteiger partial charge in [0.15, 0.2) is 0 Å². The van der Waals surface area contributed by atoms with Gasteiger partial charge in [0.05, 0.1) is 0 Å². The van der Waals surface area contributed by atoms with Crippen LogP contribution in [0.15, 0.2) is 35.2 Å². The lowest BCUT2D eigenvalue weighted by Crippen LogP contribution is -2.04. The summed E-state index contributed by atoms with van der Waals surface area (Å²) in [4.78, 5) is 1.05. The number of thioether (sulfide) groups is 1. The summed E-state index contributed by atoms with van der Waals surface area (Å²) in [5, 5.41) is 10.9. The average Bonchev–Trinajstić information content (AvgIpc) is 2.21. The third-order valence-electron chi connectivity index (χ3n) is 1.59. The first-order chi connectivity index (χ1) is 6.88. The van der Waals surface area contributed by atoms with Crippen molar-refractivity contribution in [3.8, 4) is 11.7 Å². The van der Waals surface area contributed by atoms with E-state index in [9.17, 15) is 0 Å². The molecule has 0 aliphatic carbocycles. The first kappa shape index (κ1) is 14.1. The fourth-order valence-electron chi connectivity index (χ4n) is 1.01. The molecule has 0 unspecified atom stereocenters. The Labute approximate surface area is 100 Å². The smallest absolute Gasteiger partial charge is 0.0391 e. The zero-order valence-electron chi connectivity index (χ0n) is 8.01. The molecule has 0 spiro atoms. The van der Waals surface area contributed by atoms with Gasteiger partial charge in [-0.1, -0.05) is 30.4 Å². The molecule has 2 nitrogen and oxygen atoms in total. The summed E-state index contributed by atoms with van der Waals surface area (Å²) in [5.74, 6) is 0. The quantitative estimate of drug-likeness (QED) is 0.483. The van der Waals surface area contributed by atoms with Crippen LogP contribution in [0.1, 0.15) is 5.56 Å². The Morgan fingerprint density at radius 2 is 2.20 bits per heavy atom. The zero-order chi connectivity index (χ0) is 10.2. The van der Waals surface area contributed by atoms with E-state index in [2.05, 4.69) is 10.7 Å². The first-order valence-electron chi connectivity index (χ1n) is 4.13. The molecule has 0 fully saturated rings. The number of hydrogen-bond donors (Lipinski definition) is 2. The van der Waals surface area contributed by atoms with Crippen LogP contribution in [0.5, 0.6) is 0 Å². The molecule has 0 atom stereocenters. The molecule has 0 saturated carbocycles. The molecule has 80 valence electrons. The summed E-state index contributed by atoms with van der Waals surface area (Å²) >= 11 is 1.35. The normalized spacial score (nSPS) is 9.60. The van der Waals surface area contributed by atoms with Crippen molar-refractivity contribution in [2.75, 3.05) is 6.54 Å². The van der Waals surface area contributed by atoms with Crippen molar-refractivity contribution in [2.24, 2.45) is 0 Å². The predicted molar refractivity (Wildman–Crippen MR) is 67.2 cm³/mol. The molecular weight excluding hydrogens is 230 g/mol. The summed E-state index contributed by atoms with van der Waals surface area (Å²) in [7, 11) is 0. The molecule has 4 heteroatoms. The molecule has 1 aromatic carbocycles. The minimum atomic E-state index is 0. The molecule has 1 rings (SSSR count). The van der Waals surface area contributed by atoms with Gasteiger partial charge < -0.3 is 5.21 Å². The minimum Gasteiger partial charge on any atom is -0.317 e. The maximum atomic E-state index is 8.38. The molecular formula is C11H12ClNOS. The van der Waals surface area contributed by atoms with Gasteiger partial charge in [0.1, 0.15) is 0 Å². The van der Waals surface area contributed by atoms with Gasteiger partial charge in [-0.3, -0.25) is 0 Å². The van der Waals surface area contributed by atoms with Gasteiger partial charge in [0.25, 0.3) is 0 Å². The number of benzene rings is 1. The molecule has 0 aliphatic rings. The Kier molecular flexibility index (Phi) is 7.88. The number of rotatable bonds is 4. The largest absolute Gasteiger partial charge is 0.317 e. The highest BCUT2D eigenvalue weighted by molar-refractivity contribution is 8.04. The van der Waals surface area contributed by atoms with Crippen molar-refractivity contribution >= 4 is 30.2 Å². The summed E-state index contributed by atoms with van der Waals surface area (Å²) in [6.45, 7) is 0.426. The molecule has 0 heterocycles. The molecule has 2 N–H and O–H groups in total. The Bertz CT molecular complexity index is 360. The van der Waals surface area contributed by atoms with E-state index in [0.29, 0.717) is 6.54 Å². The van der Waals surface area contributed by atoms with E-state index in [1.54, 1.807) is 0 Å². The van der Waals surface area contributed by atoms with Crippen molar-refractivity contribution in [2.45, 2.75) is 4.90 Å². The molecule has 0 aromatic heterocycles. The van der Waals surface area contributed by atoms with Crippen LogP contribution in [0.25, 0.3) is 6.08 Å². The van der Waals surface area contributed by atoms with Crippen LogP contribution >= 0.6 is 24.2 Å². The molecule has 1 aromatic rings. The minimum absolute atomic E-state index is 0. The Morgan fingerprint density at radius 1 is 1.47 bits per heavy atom. The lowest BCUT2D eigenvalue weighted by atomic mass is 10.2. The van der Waals surface area contributed by atoms with E-state index < -0.39 is 0 Å². The van der Waals surface area contributed by atoms with Crippen molar-refractivity contribution in [3.63, 3.8) is 0 Å². The topological polar surface area (TPSA) is 32.3 Å². The SMILES string of the molecule is C#CSc1ccccc1/C=C/CNO.Cl.